The van der Waals surface area contributed by atoms with E-state index in [9.17, 15) is 15.3 Å². The van der Waals surface area contributed by atoms with Gasteiger partial charge in [-0.15, -0.1) is 5.10 Å². The molecule has 8 nitrogen and oxygen atoms in total. The minimum absolute atomic E-state index is 0.314. The fraction of sp³-hybridized carbons (Fsp3) is 0.160. The van der Waals surface area contributed by atoms with E-state index in [0.29, 0.717) is 40.5 Å². The lowest BCUT2D eigenvalue weighted by Crippen LogP contribution is -2.29. The highest BCUT2D eigenvalue weighted by molar-refractivity contribution is 6.58. The highest BCUT2D eigenvalue weighted by atomic mass is 16.5. The van der Waals surface area contributed by atoms with Gasteiger partial charge in [0.2, 0.25) is 0 Å². The second kappa shape index (κ2) is 9.79. The average Bonchev–Trinajstić information content (AvgIpc) is 2.87. The fourth-order valence-corrected chi connectivity index (χ4v) is 3.82. The zero-order chi connectivity index (χ0) is 24.2. The zero-order valence-corrected chi connectivity index (χ0v) is 19.0. The predicted molar refractivity (Wildman–Crippen MR) is 131 cm³/mol. The first-order valence-corrected chi connectivity index (χ1v) is 10.6. The average molecular weight is 454 g/mol. The van der Waals surface area contributed by atoms with Crippen LogP contribution < -0.4 is 20.3 Å². The van der Waals surface area contributed by atoms with E-state index in [1.165, 1.54) is 6.07 Å². The van der Waals surface area contributed by atoms with Gasteiger partial charge in [0.1, 0.15) is 11.5 Å². The van der Waals surface area contributed by atoms with Crippen LogP contribution >= 0.6 is 0 Å². The minimum Gasteiger partial charge on any atom is -0.497 e. The monoisotopic (exact) mass is 454 g/mol. The first-order valence-electron chi connectivity index (χ1n) is 10.6. The molecule has 0 fully saturated rings. The molecule has 3 N–H and O–H groups in total. The van der Waals surface area contributed by atoms with Crippen molar-refractivity contribution in [2.75, 3.05) is 19.5 Å². The van der Waals surface area contributed by atoms with E-state index in [1.54, 1.807) is 26.4 Å². The van der Waals surface area contributed by atoms with Crippen LogP contribution in [0.15, 0.2) is 54.6 Å². The molecule has 0 aliphatic carbocycles. The smallest absolute Gasteiger partial charge is 0.488 e. The molecular weight excluding hydrogens is 431 g/mol. The summed E-state index contributed by atoms with van der Waals surface area (Å²) < 4.78 is 10.7. The molecule has 4 rings (SSSR count). The number of nitrogens with one attached hydrogen (secondary N) is 1. The number of aromatic nitrogens is 2. The molecule has 0 aliphatic heterocycles. The van der Waals surface area contributed by atoms with Gasteiger partial charge in [-0.2, -0.15) is 10.4 Å². The van der Waals surface area contributed by atoms with Gasteiger partial charge in [-0.3, -0.25) is 0 Å². The number of rotatable bonds is 7. The number of ether oxygens (including phenoxy) is 2. The molecule has 0 spiro atoms. The SMILES string of the molecule is COc1ccc(CNc2nnc(C)c3cc(-c4cc(B(O)O)ccc4C#N)ccc23)c(OC)c1. The van der Waals surface area contributed by atoms with E-state index in [-0.39, 0.29) is 0 Å². The molecule has 170 valence electrons. The van der Waals surface area contributed by atoms with Crippen LogP contribution in [0, 0.1) is 18.3 Å². The molecule has 34 heavy (non-hydrogen) atoms. The van der Waals surface area contributed by atoms with Gasteiger partial charge in [-0.1, -0.05) is 18.2 Å². The summed E-state index contributed by atoms with van der Waals surface area (Å²) in [5.41, 5.74) is 3.81. The van der Waals surface area contributed by atoms with Gasteiger partial charge in [-0.05, 0) is 53.8 Å². The molecule has 9 heteroatoms. The number of hydrogen-bond acceptors (Lipinski definition) is 8. The molecule has 0 amide bonds. The second-order valence-corrected chi connectivity index (χ2v) is 7.72. The lowest BCUT2D eigenvalue weighted by molar-refractivity contribution is 0.391. The Labute approximate surface area is 197 Å². The Balaban J connectivity index is 1.71. The van der Waals surface area contributed by atoms with Crippen molar-refractivity contribution in [3.05, 3.63) is 71.4 Å². The Bertz CT molecular complexity index is 1400. The van der Waals surface area contributed by atoms with Crippen LogP contribution in [0.4, 0.5) is 5.82 Å². The number of aryl methyl sites for hydroxylation is 1. The maximum Gasteiger partial charge on any atom is 0.488 e. The van der Waals surface area contributed by atoms with Crippen molar-refractivity contribution in [3.8, 4) is 28.7 Å². The Kier molecular flexibility index (Phi) is 6.64. The van der Waals surface area contributed by atoms with Crippen molar-refractivity contribution < 1.29 is 19.5 Å². The third kappa shape index (κ3) is 4.50. The van der Waals surface area contributed by atoms with Gasteiger partial charge in [0.05, 0.1) is 31.5 Å². The van der Waals surface area contributed by atoms with Crippen LogP contribution in [0.5, 0.6) is 11.5 Å². The molecule has 0 radical (unpaired) electrons. The molecule has 1 aromatic heterocycles. The molecule has 0 atom stereocenters. The fourth-order valence-electron chi connectivity index (χ4n) is 3.82. The summed E-state index contributed by atoms with van der Waals surface area (Å²) in [6, 6.07) is 18.3. The van der Waals surface area contributed by atoms with Crippen LogP contribution in [0.3, 0.4) is 0 Å². The Morgan fingerprint density at radius 1 is 0.971 bits per heavy atom. The lowest BCUT2D eigenvalue weighted by Gasteiger charge is -2.14. The van der Waals surface area contributed by atoms with Gasteiger partial charge in [0, 0.05) is 28.9 Å². The lowest BCUT2D eigenvalue weighted by atomic mass is 9.78. The molecular formula is C25H23BN4O4. The predicted octanol–water partition coefficient (Wildman–Crippen LogP) is 2.79. The topological polar surface area (TPSA) is 121 Å². The van der Waals surface area contributed by atoms with Gasteiger partial charge >= 0.3 is 7.12 Å². The van der Waals surface area contributed by atoms with Crippen LogP contribution in [-0.4, -0.2) is 41.6 Å². The van der Waals surface area contributed by atoms with Crippen molar-refractivity contribution in [2.24, 2.45) is 0 Å². The number of nitriles is 1. The van der Waals surface area contributed by atoms with Gasteiger partial charge in [-0.25, -0.2) is 0 Å². The summed E-state index contributed by atoms with van der Waals surface area (Å²) in [7, 11) is 1.60. The number of anilines is 1. The first kappa shape index (κ1) is 23.0. The molecule has 0 unspecified atom stereocenters. The molecule has 0 saturated heterocycles. The Morgan fingerprint density at radius 2 is 1.79 bits per heavy atom. The standard InChI is InChI=1S/C25H23BN4O4/c1-15-22-10-16(23-11-19(26(31)32)7-4-17(23)13-27)6-9-21(22)25(30-29-15)28-14-18-5-8-20(33-2)12-24(18)34-3/h4-12,31-32H,14H2,1-3H3,(H,28,30). The third-order valence-corrected chi connectivity index (χ3v) is 5.68. The van der Waals surface area contributed by atoms with Crippen molar-refractivity contribution in [3.63, 3.8) is 0 Å². The normalized spacial score (nSPS) is 10.6. The van der Waals surface area contributed by atoms with E-state index in [0.717, 1.165) is 27.6 Å². The second-order valence-electron chi connectivity index (χ2n) is 7.72. The number of hydrogen-bond donors (Lipinski definition) is 3. The van der Waals surface area contributed by atoms with Gasteiger partial charge < -0.3 is 24.8 Å². The van der Waals surface area contributed by atoms with E-state index in [1.807, 2.05) is 43.3 Å². The zero-order valence-electron chi connectivity index (χ0n) is 19.0. The highest BCUT2D eigenvalue weighted by Crippen LogP contribution is 2.31. The maximum absolute atomic E-state index is 9.56. The van der Waals surface area contributed by atoms with E-state index in [2.05, 4.69) is 21.6 Å². The molecule has 1 heterocycles. The third-order valence-electron chi connectivity index (χ3n) is 5.68. The van der Waals surface area contributed by atoms with Crippen LogP contribution in [0.1, 0.15) is 16.8 Å². The Morgan fingerprint density at radius 3 is 2.50 bits per heavy atom. The number of methoxy groups -OCH3 is 2. The largest absolute Gasteiger partial charge is 0.497 e. The Hall–Kier alpha value is -4.13. The van der Waals surface area contributed by atoms with E-state index in [4.69, 9.17) is 9.47 Å². The first-order chi connectivity index (χ1) is 16.4. The van der Waals surface area contributed by atoms with Crippen molar-refractivity contribution in [1.29, 1.82) is 5.26 Å². The summed E-state index contributed by atoms with van der Waals surface area (Å²) in [6.45, 7) is 2.34. The quantitative estimate of drug-likeness (QED) is 0.365. The summed E-state index contributed by atoms with van der Waals surface area (Å²) in [5, 5.41) is 42.4. The molecule has 0 saturated carbocycles. The highest BCUT2D eigenvalue weighted by Gasteiger charge is 2.16. The number of nitrogens with zero attached hydrogens (tertiary/aromatic N) is 3. The van der Waals surface area contributed by atoms with Crippen LogP contribution in [0.2, 0.25) is 0 Å². The summed E-state index contributed by atoms with van der Waals surface area (Å²) in [5.74, 6) is 2.03. The maximum atomic E-state index is 9.56. The summed E-state index contributed by atoms with van der Waals surface area (Å²) in [6.07, 6.45) is 0. The van der Waals surface area contributed by atoms with Crippen molar-refractivity contribution >= 4 is 29.2 Å². The molecule has 3 aromatic carbocycles. The number of fused-ring (bicyclic) bond motifs is 1. The van der Waals surface area contributed by atoms with Crippen LogP contribution in [-0.2, 0) is 6.54 Å². The van der Waals surface area contributed by atoms with E-state index >= 15 is 0 Å². The summed E-state index contributed by atoms with van der Waals surface area (Å²) in [4.78, 5) is 0. The molecule has 0 aliphatic rings. The summed E-state index contributed by atoms with van der Waals surface area (Å²) >= 11 is 0. The van der Waals surface area contributed by atoms with Crippen molar-refractivity contribution in [1.82, 2.24) is 10.2 Å². The van der Waals surface area contributed by atoms with Crippen LogP contribution in [0.25, 0.3) is 21.9 Å². The number of benzene rings is 3. The van der Waals surface area contributed by atoms with Gasteiger partial charge in [0.25, 0.3) is 0 Å². The van der Waals surface area contributed by atoms with Gasteiger partial charge in [0.15, 0.2) is 5.82 Å². The van der Waals surface area contributed by atoms with E-state index < -0.39 is 7.12 Å². The van der Waals surface area contributed by atoms with Crippen molar-refractivity contribution in [2.45, 2.75) is 13.5 Å². The minimum atomic E-state index is -1.62. The molecule has 4 aromatic rings. The molecule has 0 bridgehead atoms.